The number of carbonyl (C=O) groups excluding carboxylic acids is 1. The molecule has 2 heterocycles. The molecule has 21 heavy (non-hydrogen) atoms. The van der Waals surface area contributed by atoms with Gasteiger partial charge in [0.15, 0.2) is 0 Å². The van der Waals surface area contributed by atoms with Crippen LogP contribution in [0.2, 0.25) is 0 Å². The van der Waals surface area contributed by atoms with E-state index >= 15 is 0 Å². The summed E-state index contributed by atoms with van der Waals surface area (Å²) in [6.45, 7) is 6.97. The zero-order valence-corrected chi connectivity index (χ0v) is 12.8. The summed E-state index contributed by atoms with van der Waals surface area (Å²) >= 11 is 0. The van der Waals surface area contributed by atoms with Crippen molar-refractivity contribution in [2.24, 2.45) is 0 Å². The molecule has 0 aromatic carbocycles. The predicted octanol–water partition coefficient (Wildman–Crippen LogP) is 2.39. The van der Waals surface area contributed by atoms with Gasteiger partial charge in [-0.1, -0.05) is 0 Å². The van der Waals surface area contributed by atoms with Crippen LogP contribution in [-0.2, 0) is 4.74 Å². The standard InChI is InChI=1S/C15H23N3O3/c1-15(2,3)21-14(20)17-13-7-6-11(9-16-13)18-8-4-5-12(19)10-18/h6-7,9,12,19H,4-5,8,10H2,1-3H3,(H,16,17,20). The quantitative estimate of drug-likeness (QED) is 0.875. The van der Waals surface area contributed by atoms with Gasteiger partial charge in [-0.25, -0.2) is 9.78 Å². The third kappa shape index (κ3) is 4.90. The Balaban J connectivity index is 1.94. The molecule has 116 valence electrons. The van der Waals surface area contributed by atoms with Crippen LogP contribution in [0.4, 0.5) is 16.3 Å². The number of β-amino-alcohol motifs (C(OH)–C–C–N with tert-alkyl or cyclic N) is 1. The Bertz CT molecular complexity index is 482. The average molecular weight is 293 g/mol. The van der Waals surface area contributed by atoms with Gasteiger partial charge in [-0.15, -0.1) is 0 Å². The van der Waals surface area contributed by atoms with Gasteiger partial charge in [-0.05, 0) is 45.7 Å². The van der Waals surface area contributed by atoms with Crippen LogP contribution in [-0.4, -0.2) is 41.0 Å². The van der Waals surface area contributed by atoms with E-state index in [-0.39, 0.29) is 6.10 Å². The van der Waals surface area contributed by atoms with Crippen LogP contribution in [0.1, 0.15) is 33.6 Å². The van der Waals surface area contributed by atoms with E-state index in [1.807, 2.05) is 26.8 Å². The minimum Gasteiger partial charge on any atom is -0.444 e. The van der Waals surface area contributed by atoms with Crippen molar-refractivity contribution in [3.63, 3.8) is 0 Å². The molecule has 1 amide bonds. The Morgan fingerprint density at radius 3 is 2.81 bits per heavy atom. The number of hydrogen-bond acceptors (Lipinski definition) is 5. The number of rotatable bonds is 2. The largest absolute Gasteiger partial charge is 0.444 e. The van der Waals surface area contributed by atoms with Crippen molar-refractivity contribution < 1.29 is 14.6 Å². The topological polar surface area (TPSA) is 74.7 Å². The maximum absolute atomic E-state index is 11.6. The molecular formula is C15H23N3O3. The molecule has 6 heteroatoms. The second-order valence-corrected chi connectivity index (χ2v) is 6.27. The van der Waals surface area contributed by atoms with Gasteiger partial charge in [0.05, 0.1) is 18.0 Å². The Labute approximate surface area is 125 Å². The predicted molar refractivity (Wildman–Crippen MR) is 81.5 cm³/mol. The van der Waals surface area contributed by atoms with Crippen LogP contribution < -0.4 is 10.2 Å². The fourth-order valence-electron chi connectivity index (χ4n) is 2.24. The van der Waals surface area contributed by atoms with E-state index in [0.29, 0.717) is 12.4 Å². The molecule has 1 aliphatic heterocycles. The van der Waals surface area contributed by atoms with Crippen LogP contribution in [0, 0.1) is 0 Å². The first-order valence-electron chi connectivity index (χ1n) is 7.22. The van der Waals surface area contributed by atoms with Crippen molar-refractivity contribution >= 4 is 17.6 Å². The lowest BCUT2D eigenvalue weighted by Crippen LogP contribution is -2.38. The number of nitrogens with zero attached hydrogens (tertiary/aromatic N) is 2. The van der Waals surface area contributed by atoms with Crippen LogP contribution in [0.3, 0.4) is 0 Å². The molecule has 1 aliphatic rings. The highest BCUT2D eigenvalue weighted by atomic mass is 16.6. The van der Waals surface area contributed by atoms with E-state index in [1.54, 1.807) is 12.3 Å². The molecule has 1 unspecified atom stereocenters. The number of ether oxygens (including phenoxy) is 1. The number of pyridine rings is 1. The van der Waals surface area contributed by atoms with E-state index in [9.17, 15) is 9.90 Å². The summed E-state index contributed by atoms with van der Waals surface area (Å²) < 4.78 is 5.17. The zero-order valence-electron chi connectivity index (χ0n) is 12.8. The first-order valence-corrected chi connectivity index (χ1v) is 7.22. The third-order valence-electron chi connectivity index (χ3n) is 3.14. The lowest BCUT2D eigenvalue weighted by Gasteiger charge is -2.31. The van der Waals surface area contributed by atoms with Gasteiger partial charge >= 0.3 is 6.09 Å². The molecule has 0 radical (unpaired) electrons. The highest BCUT2D eigenvalue weighted by molar-refractivity contribution is 5.83. The molecule has 2 N–H and O–H groups in total. The second-order valence-electron chi connectivity index (χ2n) is 6.27. The summed E-state index contributed by atoms with van der Waals surface area (Å²) in [5.74, 6) is 0.450. The average Bonchev–Trinajstić information content (AvgIpc) is 2.37. The molecule has 0 saturated carbocycles. The minimum absolute atomic E-state index is 0.279. The number of carbonyl (C=O) groups is 1. The number of hydrogen-bond donors (Lipinski definition) is 2. The molecule has 1 aromatic rings. The Morgan fingerprint density at radius 2 is 2.24 bits per heavy atom. The Morgan fingerprint density at radius 1 is 1.48 bits per heavy atom. The van der Waals surface area contributed by atoms with Gasteiger partial charge in [-0.2, -0.15) is 0 Å². The van der Waals surface area contributed by atoms with E-state index in [0.717, 1.165) is 25.1 Å². The van der Waals surface area contributed by atoms with E-state index < -0.39 is 11.7 Å². The first-order chi connectivity index (χ1) is 9.83. The lowest BCUT2D eigenvalue weighted by atomic mass is 10.1. The Hall–Kier alpha value is -1.82. The molecule has 1 saturated heterocycles. The summed E-state index contributed by atoms with van der Waals surface area (Å²) in [6, 6.07) is 3.62. The van der Waals surface area contributed by atoms with Gasteiger partial charge in [0.2, 0.25) is 0 Å². The van der Waals surface area contributed by atoms with E-state index in [4.69, 9.17) is 4.74 Å². The monoisotopic (exact) mass is 293 g/mol. The highest BCUT2D eigenvalue weighted by Crippen LogP contribution is 2.20. The van der Waals surface area contributed by atoms with E-state index in [1.165, 1.54) is 0 Å². The molecule has 1 atom stereocenters. The van der Waals surface area contributed by atoms with Crippen molar-refractivity contribution in [2.75, 3.05) is 23.3 Å². The fraction of sp³-hybridized carbons (Fsp3) is 0.600. The maximum Gasteiger partial charge on any atom is 0.413 e. The number of aromatic nitrogens is 1. The smallest absolute Gasteiger partial charge is 0.413 e. The zero-order chi connectivity index (χ0) is 15.5. The minimum atomic E-state index is -0.534. The maximum atomic E-state index is 11.6. The SMILES string of the molecule is CC(C)(C)OC(=O)Nc1ccc(N2CCCC(O)C2)cn1. The number of aliphatic hydroxyl groups is 1. The van der Waals surface area contributed by atoms with Crippen molar-refractivity contribution in [1.29, 1.82) is 0 Å². The summed E-state index contributed by atoms with van der Waals surface area (Å²) in [5, 5.41) is 12.3. The summed E-state index contributed by atoms with van der Waals surface area (Å²) in [7, 11) is 0. The number of piperidine rings is 1. The normalized spacial score (nSPS) is 19.2. The molecule has 0 spiro atoms. The van der Waals surface area contributed by atoms with Gasteiger partial charge in [0.1, 0.15) is 11.4 Å². The van der Waals surface area contributed by atoms with Gasteiger partial charge in [0.25, 0.3) is 0 Å². The molecule has 0 bridgehead atoms. The number of amides is 1. The van der Waals surface area contributed by atoms with Gasteiger partial charge < -0.3 is 14.7 Å². The first kappa shape index (κ1) is 15.6. The Kier molecular flexibility index (Phi) is 4.67. The highest BCUT2D eigenvalue weighted by Gasteiger charge is 2.19. The summed E-state index contributed by atoms with van der Waals surface area (Å²) in [4.78, 5) is 18.0. The second kappa shape index (κ2) is 6.30. The van der Waals surface area contributed by atoms with Gasteiger partial charge in [-0.3, -0.25) is 5.32 Å². The van der Waals surface area contributed by atoms with Crippen LogP contribution in [0.5, 0.6) is 0 Å². The van der Waals surface area contributed by atoms with Crippen LogP contribution in [0.15, 0.2) is 18.3 Å². The fourth-order valence-corrected chi connectivity index (χ4v) is 2.24. The third-order valence-corrected chi connectivity index (χ3v) is 3.14. The molecule has 0 aliphatic carbocycles. The molecule has 2 rings (SSSR count). The summed E-state index contributed by atoms with van der Waals surface area (Å²) in [5.41, 5.74) is 0.414. The molecule has 1 aromatic heterocycles. The molecule has 6 nitrogen and oxygen atoms in total. The number of anilines is 2. The van der Waals surface area contributed by atoms with Crippen molar-refractivity contribution in [3.8, 4) is 0 Å². The van der Waals surface area contributed by atoms with Crippen molar-refractivity contribution in [3.05, 3.63) is 18.3 Å². The van der Waals surface area contributed by atoms with Crippen molar-refractivity contribution in [2.45, 2.75) is 45.3 Å². The summed E-state index contributed by atoms with van der Waals surface area (Å²) in [6.07, 6.45) is 2.72. The van der Waals surface area contributed by atoms with Crippen LogP contribution in [0.25, 0.3) is 0 Å². The molecular weight excluding hydrogens is 270 g/mol. The lowest BCUT2D eigenvalue weighted by molar-refractivity contribution is 0.0635. The van der Waals surface area contributed by atoms with Crippen LogP contribution >= 0.6 is 0 Å². The number of nitrogens with one attached hydrogen (secondary N) is 1. The van der Waals surface area contributed by atoms with E-state index in [2.05, 4.69) is 15.2 Å². The number of aliphatic hydroxyl groups excluding tert-OH is 1. The van der Waals surface area contributed by atoms with Gasteiger partial charge in [0, 0.05) is 13.1 Å². The molecule has 1 fully saturated rings. The van der Waals surface area contributed by atoms with Crippen molar-refractivity contribution in [1.82, 2.24) is 4.98 Å².